The van der Waals surface area contributed by atoms with Gasteiger partial charge in [-0.15, -0.1) is 11.3 Å². The number of aliphatic hydroxyl groups excluding tert-OH is 1. The second-order valence-corrected chi connectivity index (χ2v) is 4.09. The molecule has 1 aliphatic heterocycles. The molecule has 1 aromatic rings. The van der Waals surface area contributed by atoms with Crippen LogP contribution in [0.5, 0.6) is 0 Å². The minimum absolute atomic E-state index is 0.101. The Balaban J connectivity index is 2.22. The minimum Gasteiger partial charge on any atom is -0.390 e. The molecule has 0 aromatic carbocycles. The van der Waals surface area contributed by atoms with Crippen molar-refractivity contribution in [2.45, 2.75) is 6.92 Å². The van der Waals surface area contributed by atoms with Crippen LogP contribution in [-0.2, 0) is 0 Å². The maximum Gasteiger partial charge on any atom is 0.189 e. The van der Waals surface area contributed by atoms with Crippen LogP contribution in [0.15, 0.2) is 23.3 Å². The van der Waals surface area contributed by atoms with Crippen molar-refractivity contribution in [2.75, 3.05) is 18.1 Å². The Labute approximate surface area is 81.3 Å². The largest absolute Gasteiger partial charge is 0.390 e. The van der Waals surface area contributed by atoms with E-state index in [0.29, 0.717) is 5.92 Å². The summed E-state index contributed by atoms with van der Waals surface area (Å²) < 4.78 is 0. The highest BCUT2D eigenvalue weighted by Gasteiger charge is 2.22. The smallest absolute Gasteiger partial charge is 0.189 e. The summed E-state index contributed by atoms with van der Waals surface area (Å²) in [7, 11) is 0. The molecule has 0 aliphatic carbocycles. The van der Waals surface area contributed by atoms with Crippen LogP contribution in [-0.4, -0.2) is 23.2 Å². The maximum absolute atomic E-state index is 9.12. The van der Waals surface area contributed by atoms with Crippen molar-refractivity contribution in [3.63, 3.8) is 0 Å². The number of aromatic nitrogens is 1. The lowest BCUT2D eigenvalue weighted by molar-refractivity contribution is 0.329. The maximum atomic E-state index is 9.12. The highest BCUT2D eigenvalue weighted by molar-refractivity contribution is 7.13. The third-order valence-corrected chi connectivity index (χ3v) is 2.90. The zero-order valence-electron chi connectivity index (χ0n) is 7.47. The first-order valence-electron chi connectivity index (χ1n) is 4.30. The Kier molecular flexibility index (Phi) is 2.33. The number of nitrogens with zero attached hydrogens (tertiary/aromatic N) is 2. The van der Waals surface area contributed by atoms with E-state index in [0.717, 1.165) is 17.4 Å². The highest BCUT2D eigenvalue weighted by Crippen LogP contribution is 2.28. The Bertz CT molecular complexity index is 307. The van der Waals surface area contributed by atoms with Gasteiger partial charge in [0.15, 0.2) is 5.13 Å². The topological polar surface area (TPSA) is 36.4 Å². The monoisotopic (exact) mass is 196 g/mol. The van der Waals surface area contributed by atoms with Crippen LogP contribution in [0, 0.1) is 5.92 Å². The number of anilines is 1. The van der Waals surface area contributed by atoms with Crippen molar-refractivity contribution in [1.29, 1.82) is 0 Å². The second kappa shape index (κ2) is 3.47. The zero-order chi connectivity index (χ0) is 9.26. The van der Waals surface area contributed by atoms with Gasteiger partial charge in [-0.05, 0) is 5.92 Å². The van der Waals surface area contributed by atoms with Crippen LogP contribution in [0.3, 0.4) is 0 Å². The highest BCUT2D eigenvalue weighted by atomic mass is 32.1. The third-order valence-electron chi connectivity index (χ3n) is 2.11. The minimum atomic E-state index is 0.101. The van der Waals surface area contributed by atoms with Crippen LogP contribution in [0.2, 0.25) is 0 Å². The van der Waals surface area contributed by atoms with E-state index in [-0.39, 0.29) is 6.61 Å². The summed E-state index contributed by atoms with van der Waals surface area (Å²) >= 11 is 1.60. The molecule has 1 aromatic heterocycles. The van der Waals surface area contributed by atoms with Gasteiger partial charge in [0, 0.05) is 23.8 Å². The van der Waals surface area contributed by atoms with Crippen molar-refractivity contribution in [3.05, 3.63) is 23.3 Å². The predicted octanol–water partition coefficient (Wildman–Crippen LogP) is 1.48. The standard InChI is InChI=1S/C9H12N2OS/c1-7-4-8(6-12)11(5-7)9-10-2-3-13-9/h2-4,7,12H,5-6H2,1H3. The summed E-state index contributed by atoms with van der Waals surface area (Å²) in [5.74, 6) is 0.506. The SMILES string of the molecule is CC1C=C(CO)N(c2nccs2)C1. The van der Waals surface area contributed by atoms with E-state index in [1.54, 1.807) is 17.5 Å². The van der Waals surface area contributed by atoms with E-state index in [1.165, 1.54) is 0 Å². The molecule has 0 saturated heterocycles. The molecule has 1 unspecified atom stereocenters. The van der Waals surface area contributed by atoms with Gasteiger partial charge in [-0.2, -0.15) is 0 Å². The Morgan fingerprint density at radius 3 is 3.23 bits per heavy atom. The van der Waals surface area contributed by atoms with Gasteiger partial charge in [0.2, 0.25) is 0 Å². The molecule has 1 aliphatic rings. The van der Waals surface area contributed by atoms with E-state index in [2.05, 4.69) is 22.9 Å². The zero-order valence-corrected chi connectivity index (χ0v) is 8.29. The van der Waals surface area contributed by atoms with Crippen LogP contribution < -0.4 is 4.90 Å². The molecule has 13 heavy (non-hydrogen) atoms. The van der Waals surface area contributed by atoms with E-state index in [9.17, 15) is 0 Å². The molecule has 0 bridgehead atoms. The van der Waals surface area contributed by atoms with Gasteiger partial charge in [-0.3, -0.25) is 0 Å². The van der Waals surface area contributed by atoms with Gasteiger partial charge < -0.3 is 10.0 Å². The van der Waals surface area contributed by atoms with Crippen molar-refractivity contribution >= 4 is 16.5 Å². The molecule has 4 heteroatoms. The third kappa shape index (κ3) is 1.59. The summed E-state index contributed by atoms with van der Waals surface area (Å²) in [6.45, 7) is 3.18. The molecule has 0 amide bonds. The summed E-state index contributed by atoms with van der Waals surface area (Å²) in [5, 5.41) is 12.0. The lowest BCUT2D eigenvalue weighted by Crippen LogP contribution is -2.21. The number of hydrogen-bond donors (Lipinski definition) is 1. The number of rotatable bonds is 2. The molecular formula is C9H12N2OS. The van der Waals surface area contributed by atoms with Crippen LogP contribution in [0.4, 0.5) is 5.13 Å². The first-order chi connectivity index (χ1) is 6.31. The second-order valence-electron chi connectivity index (χ2n) is 3.22. The molecule has 0 spiro atoms. The predicted molar refractivity (Wildman–Crippen MR) is 53.8 cm³/mol. The van der Waals surface area contributed by atoms with Gasteiger partial charge in [0.1, 0.15) is 0 Å². The molecular weight excluding hydrogens is 184 g/mol. The fourth-order valence-corrected chi connectivity index (χ4v) is 2.25. The van der Waals surface area contributed by atoms with Gasteiger partial charge >= 0.3 is 0 Å². The van der Waals surface area contributed by atoms with Gasteiger partial charge in [-0.25, -0.2) is 4.98 Å². The number of aliphatic hydroxyl groups is 1. The normalized spacial score (nSPS) is 22.2. The molecule has 2 rings (SSSR count). The average molecular weight is 196 g/mol. The average Bonchev–Trinajstić information content (AvgIpc) is 2.71. The van der Waals surface area contributed by atoms with Crippen LogP contribution in [0.25, 0.3) is 0 Å². The molecule has 1 atom stereocenters. The lowest BCUT2D eigenvalue weighted by Gasteiger charge is -2.17. The van der Waals surface area contributed by atoms with Gasteiger partial charge in [0.05, 0.1) is 6.61 Å². The van der Waals surface area contributed by atoms with E-state index < -0.39 is 0 Å². The molecule has 0 radical (unpaired) electrons. The summed E-state index contributed by atoms with van der Waals surface area (Å²) in [4.78, 5) is 6.30. The number of thiazole rings is 1. The molecule has 0 fully saturated rings. The fraction of sp³-hybridized carbons (Fsp3) is 0.444. The van der Waals surface area contributed by atoms with Crippen molar-refractivity contribution < 1.29 is 5.11 Å². The van der Waals surface area contributed by atoms with Crippen molar-refractivity contribution in [1.82, 2.24) is 4.98 Å². The molecule has 0 saturated carbocycles. The van der Waals surface area contributed by atoms with Crippen LogP contribution >= 0.6 is 11.3 Å². The Morgan fingerprint density at radius 1 is 1.77 bits per heavy atom. The first kappa shape index (κ1) is 8.72. The molecule has 70 valence electrons. The van der Waals surface area contributed by atoms with E-state index in [4.69, 9.17) is 5.11 Å². The summed E-state index contributed by atoms with van der Waals surface area (Å²) in [6, 6.07) is 0. The fourth-order valence-electron chi connectivity index (χ4n) is 1.56. The molecule has 3 nitrogen and oxygen atoms in total. The molecule has 2 heterocycles. The Morgan fingerprint density at radius 2 is 2.62 bits per heavy atom. The Hall–Kier alpha value is -0.870. The van der Waals surface area contributed by atoms with Gasteiger partial charge in [0.25, 0.3) is 0 Å². The van der Waals surface area contributed by atoms with E-state index >= 15 is 0 Å². The van der Waals surface area contributed by atoms with Gasteiger partial charge in [-0.1, -0.05) is 13.0 Å². The van der Waals surface area contributed by atoms with Crippen molar-refractivity contribution in [3.8, 4) is 0 Å². The molecule has 1 N–H and O–H groups in total. The summed E-state index contributed by atoms with van der Waals surface area (Å²) in [6.07, 6.45) is 3.89. The van der Waals surface area contributed by atoms with Crippen molar-refractivity contribution in [2.24, 2.45) is 5.92 Å². The van der Waals surface area contributed by atoms with E-state index in [1.807, 2.05) is 5.38 Å². The number of hydrogen-bond acceptors (Lipinski definition) is 4. The summed E-state index contributed by atoms with van der Waals surface area (Å²) in [5.41, 5.74) is 0.974. The lowest BCUT2D eigenvalue weighted by atomic mass is 10.2. The quantitative estimate of drug-likeness (QED) is 0.778. The van der Waals surface area contributed by atoms with Crippen LogP contribution in [0.1, 0.15) is 6.92 Å². The first-order valence-corrected chi connectivity index (χ1v) is 5.18.